The van der Waals surface area contributed by atoms with Crippen LogP contribution in [0.25, 0.3) is 0 Å². The van der Waals surface area contributed by atoms with Crippen LogP contribution in [0.2, 0.25) is 0 Å². The summed E-state index contributed by atoms with van der Waals surface area (Å²) < 4.78 is 5.45. The van der Waals surface area contributed by atoms with Crippen LogP contribution in [0.1, 0.15) is 44.1 Å². The molecule has 1 N–H and O–H groups in total. The number of ether oxygens (including phenoxy) is 1. The second kappa shape index (κ2) is 4.32. The summed E-state index contributed by atoms with van der Waals surface area (Å²) in [4.78, 5) is 12.3. The molecule has 3 nitrogen and oxygen atoms in total. The maximum absolute atomic E-state index is 12.3. The van der Waals surface area contributed by atoms with E-state index in [-0.39, 0.29) is 17.8 Å². The molecule has 2 fully saturated rings. The smallest absolute Gasteiger partial charge is 0.317 e. The molecule has 20 heavy (non-hydrogen) atoms. The Labute approximate surface area is 118 Å². The van der Waals surface area contributed by atoms with Crippen molar-refractivity contribution in [3.05, 3.63) is 29.8 Å². The fraction of sp³-hybridized carbons (Fsp3) is 0.588. The molecule has 4 rings (SSSR count). The summed E-state index contributed by atoms with van der Waals surface area (Å²) in [6.45, 7) is 0. The van der Waals surface area contributed by atoms with Crippen molar-refractivity contribution < 1.29 is 14.6 Å². The Morgan fingerprint density at radius 3 is 2.70 bits per heavy atom. The van der Waals surface area contributed by atoms with Crippen LogP contribution in [0.5, 0.6) is 5.75 Å². The number of hydrogen-bond acceptors (Lipinski definition) is 3. The Hall–Kier alpha value is -1.35. The van der Waals surface area contributed by atoms with Crippen molar-refractivity contribution in [2.75, 3.05) is 0 Å². The first-order valence-corrected chi connectivity index (χ1v) is 7.76. The standard InChI is InChI=1S/C17H20O3/c18-16-15-11-7-3-1-2-4-8-12(11)17(15,19)13-9-5-6-10-14(13)20-16/h5-6,9-12,15,19H,1-4,7-8H2/t11-,12-,15+,17+/m0/s1. The largest absolute Gasteiger partial charge is 0.426 e. The van der Waals surface area contributed by atoms with Crippen LogP contribution < -0.4 is 4.74 Å². The highest BCUT2D eigenvalue weighted by Gasteiger charge is 2.67. The third kappa shape index (κ3) is 1.47. The van der Waals surface area contributed by atoms with E-state index in [0.29, 0.717) is 11.7 Å². The Morgan fingerprint density at radius 2 is 1.85 bits per heavy atom. The molecule has 0 radical (unpaired) electrons. The van der Waals surface area contributed by atoms with Crippen molar-refractivity contribution in [3.8, 4) is 5.75 Å². The van der Waals surface area contributed by atoms with Gasteiger partial charge in [0.25, 0.3) is 0 Å². The lowest BCUT2D eigenvalue weighted by Crippen LogP contribution is -2.65. The summed E-state index contributed by atoms with van der Waals surface area (Å²) in [6, 6.07) is 7.48. The SMILES string of the molecule is O=C1Oc2ccccc2[C@]2(O)[C@H]3CCCCCC[C@@H]3[C@H]12. The molecule has 0 saturated heterocycles. The average molecular weight is 272 g/mol. The molecule has 0 unspecified atom stereocenters. The highest BCUT2D eigenvalue weighted by molar-refractivity contribution is 5.82. The predicted molar refractivity (Wildman–Crippen MR) is 74.1 cm³/mol. The van der Waals surface area contributed by atoms with E-state index in [4.69, 9.17) is 4.74 Å². The minimum absolute atomic E-state index is 0.224. The fourth-order valence-electron chi connectivity index (χ4n) is 4.68. The molecule has 2 aliphatic carbocycles. The lowest BCUT2D eigenvalue weighted by molar-refractivity contribution is -0.229. The van der Waals surface area contributed by atoms with Gasteiger partial charge in [-0.05, 0) is 30.7 Å². The summed E-state index contributed by atoms with van der Waals surface area (Å²) in [7, 11) is 0. The molecule has 2 saturated carbocycles. The van der Waals surface area contributed by atoms with Crippen molar-refractivity contribution in [1.29, 1.82) is 0 Å². The van der Waals surface area contributed by atoms with Gasteiger partial charge in [-0.15, -0.1) is 0 Å². The quantitative estimate of drug-likeness (QED) is 0.583. The molecule has 1 aromatic carbocycles. The van der Waals surface area contributed by atoms with Crippen molar-refractivity contribution in [2.45, 2.75) is 44.1 Å². The number of aliphatic hydroxyl groups is 1. The van der Waals surface area contributed by atoms with Gasteiger partial charge < -0.3 is 9.84 Å². The predicted octanol–water partition coefficient (Wildman–Crippen LogP) is 3.01. The molecule has 1 heterocycles. The third-order valence-electron chi connectivity index (χ3n) is 5.57. The first-order valence-electron chi connectivity index (χ1n) is 7.76. The topological polar surface area (TPSA) is 46.5 Å². The average Bonchev–Trinajstić information content (AvgIpc) is 2.40. The van der Waals surface area contributed by atoms with Crippen LogP contribution in [0, 0.1) is 17.8 Å². The lowest BCUT2D eigenvalue weighted by atomic mass is 9.47. The zero-order valence-electron chi connectivity index (χ0n) is 11.5. The van der Waals surface area contributed by atoms with Gasteiger partial charge in [-0.3, -0.25) is 4.79 Å². The summed E-state index contributed by atoms with van der Waals surface area (Å²) in [5, 5.41) is 11.3. The minimum atomic E-state index is -0.978. The number of rotatable bonds is 0. The fourth-order valence-corrected chi connectivity index (χ4v) is 4.68. The molecule has 106 valence electrons. The Kier molecular flexibility index (Phi) is 2.68. The highest BCUT2D eigenvalue weighted by atomic mass is 16.5. The number of para-hydroxylation sites is 1. The zero-order valence-corrected chi connectivity index (χ0v) is 11.5. The van der Waals surface area contributed by atoms with E-state index in [2.05, 4.69) is 0 Å². The normalized spacial score (nSPS) is 39.2. The van der Waals surface area contributed by atoms with Crippen molar-refractivity contribution >= 4 is 5.97 Å². The van der Waals surface area contributed by atoms with Crippen LogP contribution >= 0.6 is 0 Å². The van der Waals surface area contributed by atoms with Gasteiger partial charge in [0.2, 0.25) is 0 Å². The number of fused-ring (bicyclic) bond motifs is 6. The monoisotopic (exact) mass is 272 g/mol. The summed E-state index contributed by atoms with van der Waals surface area (Å²) in [6.07, 6.45) is 6.90. The van der Waals surface area contributed by atoms with Crippen LogP contribution in [-0.2, 0) is 10.4 Å². The second-order valence-electron chi connectivity index (χ2n) is 6.48. The third-order valence-corrected chi connectivity index (χ3v) is 5.57. The lowest BCUT2D eigenvalue weighted by Gasteiger charge is -2.60. The molecule has 3 heteroatoms. The maximum Gasteiger partial charge on any atom is 0.317 e. The van der Waals surface area contributed by atoms with Gasteiger partial charge >= 0.3 is 5.97 Å². The number of esters is 1. The Bertz CT molecular complexity index is 553. The zero-order chi connectivity index (χ0) is 13.7. The van der Waals surface area contributed by atoms with Gasteiger partial charge in [0.05, 0.1) is 5.92 Å². The van der Waals surface area contributed by atoms with E-state index in [0.717, 1.165) is 24.8 Å². The first kappa shape index (κ1) is 12.4. The molecule has 3 aliphatic rings. The number of hydrogen-bond donors (Lipinski definition) is 1. The van der Waals surface area contributed by atoms with Crippen LogP contribution in [0.15, 0.2) is 24.3 Å². The first-order chi connectivity index (χ1) is 9.73. The summed E-state index contributed by atoms with van der Waals surface area (Å²) >= 11 is 0. The maximum atomic E-state index is 12.3. The van der Waals surface area contributed by atoms with Gasteiger partial charge in [0, 0.05) is 5.56 Å². The van der Waals surface area contributed by atoms with E-state index in [1.807, 2.05) is 18.2 Å². The van der Waals surface area contributed by atoms with Crippen LogP contribution in [-0.4, -0.2) is 11.1 Å². The Morgan fingerprint density at radius 1 is 1.10 bits per heavy atom. The molecule has 1 aromatic rings. The molecule has 0 aromatic heterocycles. The van der Waals surface area contributed by atoms with E-state index >= 15 is 0 Å². The second-order valence-corrected chi connectivity index (χ2v) is 6.48. The molecule has 0 amide bonds. The summed E-state index contributed by atoms with van der Waals surface area (Å²) in [5.74, 6) is 0.508. The number of carbonyl (C=O) groups is 1. The minimum Gasteiger partial charge on any atom is -0.426 e. The molecule has 4 atom stereocenters. The van der Waals surface area contributed by atoms with Gasteiger partial charge in [0.15, 0.2) is 0 Å². The van der Waals surface area contributed by atoms with Crippen LogP contribution in [0.3, 0.4) is 0 Å². The molecule has 1 aliphatic heterocycles. The Balaban J connectivity index is 1.78. The van der Waals surface area contributed by atoms with Crippen molar-refractivity contribution in [2.24, 2.45) is 17.8 Å². The number of carbonyl (C=O) groups excluding carboxylic acids is 1. The molecule has 0 spiro atoms. The van der Waals surface area contributed by atoms with Gasteiger partial charge in [-0.25, -0.2) is 0 Å². The van der Waals surface area contributed by atoms with Crippen molar-refractivity contribution in [1.82, 2.24) is 0 Å². The molecular weight excluding hydrogens is 252 g/mol. The van der Waals surface area contributed by atoms with E-state index in [1.165, 1.54) is 19.3 Å². The van der Waals surface area contributed by atoms with Crippen molar-refractivity contribution in [3.63, 3.8) is 0 Å². The van der Waals surface area contributed by atoms with Gasteiger partial charge in [-0.2, -0.15) is 0 Å². The number of benzene rings is 1. The van der Waals surface area contributed by atoms with Gasteiger partial charge in [-0.1, -0.05) is 43.9 Å². The van der Waals surface area contributed by atoms with Crippen LogP contribution in [0.4, 0.5) is 0 Å². The van der Waals surface area contributed by atoms with Gasteiger partial charge in [0.1, 0.15) is 11.4 Å². The van der Waals surface area contributed by atoms with E-state index in [1.54, 1.807) is 6.07 Å². The molecule has 0 bridgehead atoms. The highest BCUT2D eigenvalue weighted by Crippen LogP contribution is 2.63. The molecular formula is C17H20O3. The van der Waals surface area contributed by atoms with E-state index in [9.17, 15) is 9.90 Å². The van der Waals surface area contributed by atoms with E-state index < -0.39 is 5.60 Å². The summed E-state index contributed by atoms with van der Waals surface area (Å²) in [5.41, 5.74) is -0.153.